The van der Waals surface area contributed by atoms with Gasteiger partial charge in [-0.2, -0.15) is 10.2 Å². The monoisotopic (exact) mass is 424 g/mol. The molecule has 0 atom stereocenters. The first kappa shape index (κ1) is 21.4. The van der Waals surface area contributed by atoms with Crippen LogP contribution in [-0.2, 0) is 7.05 Å². The van der Waals surface area contributed by atoms with E-state index >= 15 is 0 Å². The van der Waals surface area contributed by atoms with Crippen LogP contribution >= 0.6 is 0 Å². The summed E-state index contributed by atoms with van der Waals surface area (Å²) in [5.74, 6) is -0.263. The molecule has 1 aromatic carbocycles. The highest BCUT2D eigenvalue weighted by molar-refractivity contribution is 6.04. The molecular formula is C20H20N6O5. The highest BCUT2D eigenvalue weighted by Crippen LogP contribution is 2.22. The Hall–Kier alpha value is -4.28. The van der Waals surface area contributed by atoms with E-state index in [2.05, 4.69) is 20.9 Å². The van der Waals surface area contributed by atoms with Crippen molar-refractivity contribution in [3.05, 3.63) is 75.0 Å². The zero-order valence-corrected chi connectivity index (χ0v) is 17.3. The van der Waals surface area contributed by atoms with Crippen molar-refractivity contribution in [2.75, 3.05) is 5.32 Å². The van der Waals surface area contributed by atoms with Crippen LogP contribution in [0, 0.1) is 24.0 Å². The summed E-state index contributed by atoms with van der Waals surface area (Å²) < 4.78 is 6.43. The maximum absolute atomic E-state index is 12.4. The standard InChI is InChI=1S/C20H20N6O5/c1-11-5-10-16(31-11)19(27)21-15-8-6-14(7-9-15)12(2)22-23-20(28)18-17(26(29)30)13(3)24-25(18)4/h5-10H,1-4H3,(H,21,27)(H,23,28). The lowest BCUT2D eigenvalue weighted by molar-refractivity contribution is -0.385. The molecule has 0 unspecified atom stereocenters. The smallest absolute Gasteiger partial charge is 0.322 e. The summed E-state index contributed by atoms with van der Waals surface area (Å²) in [6, 6.07) is 10.1. The first-order chi connectivity index (χ1) is 14.7. The van der Waals surface area contributed by atoms with Crippen molar-refractivity contribution in [1.82, 2.24) is 15.2 Å². The van der Waals surface area contributed by atoms with Crippen LogP contribution in [0.25, 0.3) is 0 Å². The molecule has 0 bridgehead atoms. The van der Waals surface area contributed by atoms with Gasteiger partial charge in [0.05, 0.1) is 10.6 Å². The lowest BCUT2D eigenvalue weighted by atomic mass is 10.1. The number of anilines is 1. The van der Waals surface area contributed by atoms with E-state index in [-0.39, 0.29) is 28.7 Å². The summed E-state index contributed by atoms with van der Waals surface area (Å²) in [6.45, 7) is 4.87. The number of rotatable bonds is 6. The molecule has 0 aliphatic carbocycles. The van der Waals surface area contributed by atoms with Crippen LogP contribution in [0.3, 0.4) is 0 Å². The molecule has 31 heavy (non-hydrogen) atoms. The molecule has 0 fully saturated rings. The van der Waals surface area contributed by atoms with Gasteiger partial charge in [-0.05, 0) is 50.6 Å². The highest BCUT2D eigenvalue weighted by Gasteiger charge is 2.29. The normalized spacial score (nSPS) is 11.3. The number of amides is 2. The van der Waals surface area contributed by atoms with Crippen LogP contribution < -0.4 is 10.7 Å². The Bertz CT molecular complexity index is 1190. The van der Waals surface area contributed by atoms with Crippen molar-refractivity contribution >= 4 is 28.9 Å². The molecule has 0 radical (unpaired) electrons. The van der Waals surface area contributed by atoms with Gasteiger partial charge in [-0.3, -0.25) is 24.4 Å². The molecule has 160 valence electrons. The zero-order valence-electron chi connectivity index (χ0n) is 17.3. The minimum absolute atomic E-state index is 0.140. The van der Waals surface area contributed by atoms with Gasteiger partial charge >= 0.3 is 5.69 Å². The summed E-state index contributed by atoms with van der Waals surface area (Å²) in [5, 5.41) is 21.9. The molecule has 0 saturated heterocycles. The van der Waals surface area contributed by atoms with Crippen LogP contribution in [-0.4, -0.2) is 32.2 Å². The quantitative estimate of drug-likeness (QED) is 0.353. The molecule has 11 heteroatoms. The van der Waals surface area contributed by atoms with Crippen LogP contribution in [0.5, 0.6) is 0 Å². The summed E-state index contributed by atoms with van der Waals surface area (Å²) in [5.41, 5.74) is 3.61. The average Bonchev–Trinajstić information content (AvgIpc) is 3.28. The van der Waals surface area contributed by atoms with Gasteiger partial charge < -0.3 is 9.73 Å². The minimum Gasteiger partial charge on any atom is -0.456 e. The fourth-order valence-electron chi connectivity index (χ4n) is 2.92. The lowest BCUT2D eigenvalue weighted by Crippen LogP contribution is -2.23. The van der Waals surface area contributed by atoms with Gasteiger partial charge in [-0.25, -0.2) is 5.43 Å². The third-order valence-electron chi connectivity index (χ3n) is 4.44. The van der Waals surface area contributed by atoms with E-state index in [1.54, 1.807) is 50.2 Å². The summed E-state index contributed by atoms with van der Waals surface area (Å²) in [6.07, 6.45) is 0. The number of hydrazone groups is 1. The van der Waals surface area contributed by atoms with E-state index in [0.29, 0.717) is 22.7 Å². The van der Waals surface area contributed by atoms with Crippen LogP contribution in [0.1, 0.15) is 45.0 Å². The Labute approximate surface area is 176 Å². The van der Waals surface area contributed by atoms with Gasteiger partial charge in [0.25, 0.3) is 11.8 Å². The van der Waals surface area contributed by atoms with Crippen LogP contribution in [0.15, 0.2) is 45.9 Å². The number of hydrogen-bond donors (Lipinski definition) is 2. The molecule has 11 nitrogen and oxygen atoms in total. The van der Waals surface area contributed by atoms with Crippen molar-refractivity contribution in [1.29, 1.82) is 0 Å². The topological polar surface area (TPSA) is 145 Å². The van der Waals surface area contributed by atoms with E-state index in [0.717, 1.165) is 4.68 Å². The predicted molar refractivity (Wildman–Crippen MR) is 112 cm³/mol. The lowest BCUT2D eigenvalue weighted by Gasteiger charge is -2.06. The Balaban J connectivity index is 1.69. The SMILES string of the molecule is CC(=NNC(=O)c1c([N+](=O)[O-])c(C)nn1C)c1ccc(NC(=O)c2ccc(C)o2)cc1. The second-order valence-corrected chi connectivity index (χ2v) is 6.74. The molecule has 2 heterocycles. The third-order valence-corrected chi connectivity index (χ3v) is 4.44. The van der Waals surface area contributed by atoms with Crippen molar-refractivity contribution in [2.45, 2.75) is 20.8 Å². The Morgan fingerprint density at radius 3 is 2.39 bits per heavy atom. The van der Waals surface area contributed by atoms with Crippen LogP contribution in [0.2, 0.25) is 0 Å². The molecule has 2 amide bonds. The highest BCUT2D eigenvalue weighted by atomic mass is 16.6. The van der Waals surface area contributed by atoms with Gasteiger partial charge in [0.15, 0.2) is 5.76 Å². The number of hydrogen-bond acceptors (Lipinski definition) is 7. The van der Waals surface area contributed by atoms with Crippen LogP contribution in [0.4, 0.5) is 11.4 Å². The number of carbonyl (C=O) groups is 2. The fraction of sp³-hybridized carbons (Fsp3) is 0.200. The van der Waals surface area contributed by atoms with E-state index in [9.17, 15) is 19.7 Å². The minimum atomic E-state index is -0.744. The molecular weight excluding hydrogens is 404 g/mol. The summed E-state index contributed by atoms with van der Waals surface area (Å²) in [4.78, 5) is 35.1. The molecule has 3 aromatic rings. The first-order valence-corrected chi connectivity index (χ1v) is 9.18. The van der Waals surface area contributed by atoms with Gasteiger partial charge in [-0.15, -0.1) is 0 Å². The summed E-state index contributed by atoms with van der Waals surface area (Å²) >= 11 is 0. The molecule has 0 spiro atoms. The van der Waals surface area contributed by atoms with E-state index in [1.807, 2.05) is 0 Å². The number of furan rings is 1. The third kappa shape index (κ3) is 4.66. The van der Waals surface area contributed by atoms with E-state index < -0.39 is 10.8 Å². The zero-order chi connectivity index (χ0) is 22.7. The molecule has 0 aliphatic heterocycles. The molecule has 0 aliphatic rings. The van der Waals surface area contributed by atoms with Gasteiger partial charge in [0, 0.05) is 12.7 Å². The van der Waals surface area contributed by atoms with E-state index in [4.69, 9.17) is 4.42 Å². The number of aromatic nitrogens is 2. The largest absolute Gasteiger partial charge is 0.456 e. The number of aryl methyl sites for hydroxylation is 3. The predicted octanol–water partition coefficient (Wildman–Crippen LogP) is 2.94. The first-order valence-electron chi connectivity index (χ1n) is 9.18. The van der Waals surface area contributed by atoms with Crippen molar-refractivity contribution in [3.63, 3.8) is 0 Å². The van der Waals surface area contributed by atoms with Crippen molar-refractivity contribution < 1.29 is 18.9 Å². The average molecular weight is 424 g/mol. The van der Waals surface area contributed by atoms with Crippen molar-refractivity contribution in [2.24, 2.45) is 12.1 Å². The summed E-state index contributed by atoms with van der Waals surface area (Å²) in [7, 11) is 1.45. The Morgan fingerprint density at radius 2 is 1.81 bits per heavy atom. The number of benzene rings is 1. The molecule has 3 rings (SSSR count). The maximum Gasteiger partial charge on any atom is 0.322 e. The van der Waals surface area contributed by atoms with Gasteiger partial charge in [-0.1, -0.05) is 12.1 Å². The number of nitrogens with one attached hydrogen (secondary N) is 2. The second kappa shape index (κ2) is 8.61. The second-order valence-electron chi connectivity index (χ2n) is 6.74. The fourth-order valence-corrected chi connectivity index (χ4v) is 2.92. The number of carbonyl (C=O) groups excluding carboxylic acids is 2. The Morgan fingerprint density at radius 1 is 1.13 bits per heavy atom. The maximum atomic E-state index is 12.4. The van der Waals surface area contributed by atoms with Gasteiger partial charge in [0.2, 0.25) is 5.69 Å². The molecule has 2 aromatic heterocycles. The molecule has 0 saturated carbocycles. The number of nitro groups is 1. The van der Waals surface area contributed by atoms with Crippen molar-refractivity contribution in [3.8, 4) is 0 Å². The number of nitrogens with zero attached hydrogens (tertiary/aromatic N) is 4. The van der Waals surface area contributed by atoms with Gasteiger partial charge in [0.1, 0.15) is 11.5 Å². The van der Waals surface area contributed by atoms with E-state index in [1.165, 1.54) is 14.0 Å². The molecule has 2 N–H and O–H groups in total. The Kier molecular flexibility index (Phi) is 5.95.